The predicted octanol–water partition coefficient (Wildman–Crippen LogP) is 4.31. The number of hydrogen-bond donors (Lipinski definition) is 2. The molecule has 1 fully saturated rings. The van der Waals surface area contributed by atoms with Crippen LogP contribution in [0.3, 0.4) is 0 Å². The molecule has 0 saturated carbocycles. The van der Waals surface area contributed by atoms with Crippen molar-refractivity contribution in [2.45, 2.75) is 46.2 Å². The number of pyridine rings is 1. The second-order valence-corrected chi connectivity index (χ2v) is 8.09. The van der Waals surface area contributed by atoms with Gasteiger partial charge in [0.1, 0.15) is 29.5 Å². The standard InChI is InChI=1S/C24H30FN5O/c1-4-26-24(28-15-22-17(3)20-13-18(25)6-7-21(20)31-22)29-19-9-11-30(12-10-19)23-8-5-16(2)14-27-23/h5-8,13-14,19H,4,9-12,15H2,1-3H3,(H2,26,28,29). The van der Waals surface area contributed by atoms with Crippen molar-refractivity contribution in [1.82, 2.24) is 15.6 Å². The highest BCUT2D eigenvalue weighted by atomic mass is 19.1. The van der Waals surface area contributed by atoms with Gasteiger partial charge in [0.25, 0.3) is 0 Å². The van der Waals surface area contributed by atoms with Gasteiger partial charge in [-0.25, -0.2) is 14.4 Å². The monoisotopic (exact) mass is 423 g/mol. The van der Waals surface area contributed by atoms with Gasteiger partial charge in [-0.2, -0.15) is 0 Å². The average molecular weight is 424 g/mol. The van der Waals surface area contributed by atoms with E-state index in [9.17, 15) is 4.39 Å². The number of aliphatic imine (C=N–C) groups is 1. The summed E-state index contributed by atoms with van der Waals surface area (Å²) in [5.74, 6) is 2.33. The molecule has 2 N–H and O–H groups in total. The van der Waals surface area contributed by atoms with E-state index in [4.69, 9.17) is 9.41 Å². The number of halogens is 1. The molecule has 1 aromatic carbocycles. The van der Waals surface area contributed by atoms with Crippen molar-refractivity contribution in [2.24, 2.45) is 4.99 Å². The summed E-state index contributed by atoms with van der Waals surface area (Å²) in [5, 5.41) is 7.69. The molecule has 1 aliphatic rings. The molecule has 7 heteroatoms. The molecule has 0 aliphatic carbocycles. The highest BCUT2D eigenvalue weighted by Crippen LogP contribution is 2.26. The number of rotatable bonds is 5. The van der Waals surface area contributed by atoms with Crippen molar-refractivity contribution in [3.05, 3.63) is 59.2 Å². The molecule has 0 radical (unpaired) electrons. The van der Waals surface area contributed by atoms with Gasteiger partial charge in [-0.1, -0.05) is 6.07 Å². The van der Waals surface area contributed by atoms with Crippen LogP contribution in [0.1, 0.15) is 36.7 Å². The Hall–Kier alpha value is -3.09. The Kier molecular flexibility index (Phi) is 6.39. The number of nitrogens with zero attached hydrogens (tertiary/aromatic N) is 3. The normalized spacial score (nSPS) is 15.5. The topological polar surface area (TPSA) is 65.7 Å². The Labute approximate surface area is 182 Å². The molecule has 3 heterocycles. The average Bonchev–Trinajstić information content (AvgIpc) is 3.08. The van der Waals surface area contributed by atoms with Crippen molar-refractivity contribution >= 4 is 22.7 Å². The van der Waals surface area contributed by atoms with Crippen LogP contribution in [0.4, 0.5) is 10.2 Å². The van der Waals surface area contributed by atoms with Crippen LogP contribution in [0.15, 0.2) is 45.9 Å². The highest BCUT2D eigenvalue weighted by molar-refractivity contribution is 5.83. The Morgan fingerprint density at radius 1 is 1.23 bits per heavy atom. The lowest BCUT2D eigenvalue weighted by Crippen LogP contribution is -2.48. The first-order valence-electron chi connectivity index (χ1n) is 10.9. The van der Waals surface area contributed by atoms with Crippen molar-refractivity contribution < 1.29 is 8.81 Å². The molecule has 31 heavy (non-hydrogen) atoms. The number of piperidine rings is 1. The maximum Gasteiger partial charge on any atom is 0.191 e. The van der Waals surface area contributed by atoms with Gasteiger partial charge >= 0.3 is 0 Å². The van der Waals surface area contributed by atoms with Crippen LogP contribution in [0, 0.1) is 19.7 Å². The molecule has 1 saturated heterocycles. The van der Waals surface area contributed by atoms with Gasteiger partial charge in [0.2, 0.25) is 0 Å². The Bertz CT molecular complexity index is 1050. The molecule has 0 amide bonds. The zero-order valence-electron chi connectivity index (χ0n) is 18.4. The zero-order chi connectivity index (χ0) is 21.8. The quantitative estimate of drug-likeness (QED) is 0.473. The van der Waals surface area contributed by atoms with E-state index in [0.717, 1.165) is 61.0 Å². The van der Waals surface area contributed by atoms with E-state index >= 15 is 0 Å². The summed E-state index contributed by atoms with van der Waals surface area (Å²) in [6, 6.07) is 9.16. The lowest BCUT2D eigenvalue weighted by atomic mass is 10.1. The zero-order valence-corrected chi connectivity index (χ0v) is 18.4. The molecule has 3 aromatic rings. The van der Waals surface area contributed by atoms with Crippen LogP contribution >= 0.6 is 0 Å². The third kappa shape index (κ3) is 4.98. The first-order chi connectivity index (χ1) is 15.0. The van der Waals surface area contributed by atoms with E-state index in [1.807, 2.05) is 13.1 Å². The largest absolute Gasteiger partial charge is 0.459 e. The van der Waals surface area contributed by atoms with Gasteiger partial charge in [-0.05, 0) is 63.4 Å². The third-order valence-corrected chi connectivity index (χ3v) is 5.78. The van der Waals surface area contributed by atoms with E-state index in [1.54, 1.807) is 6.07 Å². The minimum atomic E-state index is -0.256. The molecular formula is C24H30FN5O. The van der Waals surface area contributed by atoms with Crippen molar-refractivity contribution in [2.75, 3.05) is 24.5 Å². The van der Waals surface area contributed by atoms with Gasteiger partial charge in [0.15, 0.2) is 5.96 Å². The van der Waals surface area contributed by atoms with E-state index in [-0.39, 0.29) is 5.82 Å². The fourth-order valence-corrected chi connectivity index (χ4v) is 3.96. The molecule has 1 aliphatic heterocycles. The van der Waals surface area contributed by atoms with E-state index < -0.39 is 0 Å². The van der Waals surface area contributed by atoms with Crippen LogP contribution < -0.4 is 15.5 Å². The second kappa shape index (κ2) is 9.37. The van der Waals surface area contributed by atoms with Gasteiger partial charge in [0, 0.05) is 42.8 Å². The summed E-state index contributed by atoms with van der Waals surface area (Å²) >= 11 is 0. The summed E-state index contributed by atoms with van der Waals surface area (Å²) in [5.41, 5.74) is 2.81. The molecule has 0 atom stereocenters. The van der Waals surface area contributed by atoms with Crippen LogP contribution in [0.25, 0.3) is 11.0 Å². The fraction of sp³-hybridized carbons (Fsp3) is 0.417. The Morgan fingerprint density at radius 2 is 2.03 bits per heavy atom. The molecular weight excluding hydrogens is 393 g/mol. The van der Waals surface area contributed by atoms with Crippen LogP contribution in [-0.2, 0) is 6.54 Å². The first kappa shape index (κ1) is 21.2. The molecule has 0 spiro atoms. The predicted molar refractivity (Wildman–Crippen MR) is 123 cm³/mol. The summed E-state index contributed by atoms with van der Waals surface area (Å²) in [6.07, 6.45) is 3.95. The molecule has 2 aromatic heterocycles. The molecule has 6 nitrogen and oxygen atoms in total. The Balaban J connectivity index is 1.38. The summed E-state index contributed by atoms with van der Waals surface area (Å²) in [6.45, 7) is 9.16. The van der Waals surface area contributed by atoms with Gasteiger partial charge in [-0.15, -0.1) is 0 Å². The Morgan fingerprint density at radius 3 is 2.74 bits per heavy atom. The smallest absolute Gasteiger partial charge is 0.191 e. The number of aryl methyl sites for hydroxylation is 2. The van der Waals surface area contributed by atoms with E-state index in [0.29, 0.717) is 18.2 Å². The number of fused-ring (bicyclic) bond motifs is 1. The summed E-state index contributed by atoms with van der Waals surface area (Å²) in [7, 11) is 0. The number of furan rings is 1. The van der Waals surface area contributed by atoms with Crippen LogP contribution in [0.5, 0.6) is 0 Å². The molecule has 164 valence electrons. The van der Waals surface area contributed by atoms with Gasteiger partial charge in [-0.3, -0.25) is 0 Å². The maximum atomic E-state index is 13.6. The third-order valence-electron chi connectivity index (χ3n) is 5.78. The van der Waals surface area contributed by atoms with Crippen molar-refractivity contribution in [3.63, 3.8) is 0 Å². The number of benzene rings is 1. The summed E-state index contributed by atoms with van der Waals surface area (Å²) in [4.78, 5) is 11.6. The summed E-state index contributed by atoms with van der Waals surface area (Å²) < 4.78 is 19.5. The fourth-order valence-electron chi connectivity index (χ4n) is 3.96. The first-order valence-corrected chi connectivity index (χ1v) is 10.9. The van der Waals surface area contributed by atoms with Crippen LogP contribution in [0.2, 0.25) is 0 Å². The van der Waals surface area contributed by atoms with E-state index in [1.165, 1.54) is 17.7 Å². The van der Waals surface area contributed by atoms with Crippen molar-refractivity contribution in [1.29, 1.82) is 0 Å². The van der Waals surface area contributed by atoms with Gasteiger partial charge < -0.3 is 20.0 Å². The highest BCUT2D eigenvalue weighted by Gasteiger charge is 2.21. The number of aromatic nitrogens is 1. The number of hydrogen-bond acceptors (Lipinski definition) is 4. The lowest BCUT2D eigenvalue weighted by Gasteiger charge is -2.33. The van der Waals surface area contributed by atoms with Gasteiger partial charge in [0.05, 0.1) is 0 Å². The second-order valence-electron chi connectivity index (χ2n) is 8.09. The molecule has 0 bridgehead atoms. The minimum Gasteiger partial charge on any atom is -0.459 e. The number of guanidine groups is 1. The minimum absolute atomic E-state index is 0.256. The maximum absolute atomic E-state index is 13.6. The van der Waals surface area contributed by atoms with Crippen LogP contribution in [-0.4, -0.2) is 36.6 Å². The van der Waals surface area contributed by atoms with E-state index in [2.05, 4.69) is 46.5 Å². The van der Waals surface area contributed by atoms with Crippen molar-refractivity contribution in [3.8, 4) is 0 Å². The lowest BCUT2D eigenvalue weighted by molar-refractivity contribution is 0.459. The SMILES string of the molecule is CCNC(=NCc1oc2ccc(F)cc2c1C)NC1CCN(c2ccc(C)cn2)CC1. The number of nitrogens with one attached hydrogen (secondary N) is 2. The molecule has 0 unspecified atom stereocenters. The molecule has 4 rings (SSSR count). The number of anilines is 1.